The molecule has 4 rings (SSSR count). The Labute approximate surface area is 197 Å². The zero-order valence-corrected chi connectivity index (χ0v) is 18.4. The van der Waals surface area contributed by atoms with Crippen LogP contribution in [0.5, 0.6) is 11.8 Å². The molecule has 0 saturated heterocycles. The van der Waals surface area contributed by atoms with E-state index in [1.54, 1.807) is 12.1 Å². The van der Waals surface area contributed by atoms with Gasteiger partial charge < -0.3 is 14.8 Å². The molecule has 35 heavy (non-hydrogen) atoms. The standard InChI is InChI=1S/C23H19F3N6O3/c1-34-19-8-7-18(30-31-19)32-21(23(24,25)26)17(13-29-32)22(33)28-12-16-9-10-27-20(11-16)35-14-15-5-3-2-4-6-15/h2-11,13H,12,14H2,1H3,(H,28,33). The molecule has 3 aromatic heterocycles. The van der Waals surface area contributed by atoms with Gasteiger partial charge >= 0.3 is 6.18 Å². The fourth-order valence-electron chi connectivity index (χ4n) is 3.14. The minimum Gasteiger partial charge on any atom is -0.480 e. The summed E-state index contributed by atoms with van der Waals surface area (Å²) < 4.78 is 52.5. The van der Waals surface area contributed by atoms with E-state index >= 15 is 0 Å². The number of benzene rings is 1. The van der Waals surface area contributed by atoms with Gasteiger partial charge in [0.25, 0.3) is 5.91 Å². The van der Waals surface area contributed by atoms with E-state index in [0.29, 0.717) is 22.7 Å². The highest BCUT2D eigenvalue weighted by Gasteiger charge is 2.41. The molecular formula is C23H19F3N6O3. The number of ether oxygens (including phenoxy) is 2. The van der Waals surface area contributed by atoms with Crippen molar-refractivity contribution in [2.24, 2.45) is 0 Å². The Morgan fingerprint density at radius 1 is 1.03 bits per heavy atom. The molecular weight excluding hydrogens is 465 g/mol. The van der Waals surface area contributed by atoms with Crippen molar-refractivity contribution in [2.45, 2.75) is 19.3 Å². The van der Waals surface area contributed by atoms with Crippen molar-refractivity contribution in [1.29, 1.82) is 0 Å². The van der Waals surface area contributed by atoms with E-state index in [4.69, 9.17) is 9.47 Å². The van der Waals surface area contributed by atoms with E-state index in [1.807, 2.05) is 30.3 Å². The normalized spacial score (nSPS) is 11.2. The first-order chi connectivity index (χ1) is 16.8. The number of halogens is 3. The molecule has 0 saturated carbocycles. The first-order valence-corrected chi connectivity index (χ1v) is 10.3. The van der Waals surface area contributed by atoms with Gasteiger partial charge in [0.2, 0.25) is 11.8 Å². The second-order valence-electron chi connectivity index (χ2n) is 7.21. The maximum Gasteiger partial charge on any atom is 0.434 e. The molecule has 3 heterocycles. The molecule has 9 nitrogen and oxygen atoms in total. The summed E-state index contributed by atoms with van der Waals surface area (Å²) in [5.74, 6) is -0.723. The average molecular weight is 484 g/mol. The van der Waals surface area contributed by atoms with E-state index in [1.165, 1.54) is 25.4 Å². The zero-order valence-electron chi connectivity index (χ0n) is 18.4. The van der Waals surface area contributed by atoms with Gasteiger partial charge in [0, 0.05) is 24.9 Å². The quantitative estimate of drug-likeness (QED) is 0.408. The number of rotatable bonds is 8. The molecule has 0 spiro atoms. The lowest BCUT2D eigenvalue weighted by Crippen LogP contribution is -2.26. The molecule has 1 aromatic carbocycles. The van der Waals surface area contributed by atoms with Gasteiger partial charge in [0.05, 0.1) is 18.9 Å². The maximum atomic E-state index is 13.8. The van der Waals surface area contributed by atoms with E-state index in [9.17, 15) is 18.0 Å². The van der Waals surface area contributed by atoms with Crippen LogP contribution in [0.15, 0.2) is 67.0 Å². The summed E-state index contributed by atoms with van der Waals surface area (Å²) >= 11 is 0. The molecule has 0 bridgehead atoms. The second kappa shape index (κ2) is 10.2. The van der Waals surface area contributed by atoms with Gasteiger partial charge in [-0.3, -0.25) is 4.79 Å². The minimum atomic E-state index is -4.88. The zero-order chi connectivity index (χ0) is 24.8. The molecule has 12 heteroatoms. The lowest BCUT2D eigenvalue weighted by Gasteiger charge is -2.12. The van der Waals surface area contributed by atoms with Crippen molar-refractivity contribution < 1.29 is 27.4 Å². The van der Waals surface area contributed by atoms with Gasteiger partial charge in [-0.15, -0.1) is 10.2 Å². The van der Waals surface area contributed by atoms with Crippen LogP contribution in [-0.2, 0) is 19.3 Å². The van der Waals surface area contributed by atoms with Crippen molar-refractivity contribution in [3.63, 3.8) is 0 Å². The summed E-state index contributed by atoms with van der Waals surface area (Å²) in [5.41, 5.74) is -0.370. The van der Waals surface area contributed by atoms with Gasteiger partial charge in [-0.1, -0.05) is 30.3 Å². The number of carbonyl (C=O) groups is 1. The molecule has 1 amide bonds. The summed E-state index contributed by atoms with van der Waals surface area (Å²) in [5, 5.41) is 13.5. The Balaban J connectivity index is 1.48. The van der Waals surface area contributed by atoms with Gasteiger partial charge in [-0.25, -0.2) is 9.67 Å². The van der Waals surface area contributed by atoms with Gasteiger partial charge in [0.15, 0.2) is 11.5 Å². The molecule has 0 aliphatic carbocycles. The van der Waals surface area contributed by atoms with Crippen LogP contribution >= 0.6 is 0 Å². The molecule has 180 valence electrons. The molecule has 4 aromatic rings. The lowest BCUT2D eigenvalue weighted by atomic mass is 10.2. The minimum absolute atomic E-state index is 0.0477. The van der Waals surface area contributed by atoms with E-state index in [0.717, 1.165) is 11.8 Å². The predicted molar refractivity (Wildman–Crippen MR) is 117 cm³/mol. The summed E-state index contributed by atoms with van der Waals surface area (Å²) in [4.78, 5) is 16.8. The number of nitrogens with zero attached hydrogens (tertiary/aromatic N) is 5. The topological polar surface area (TPSA) is 104 Å². The van der Waals surface area contributed by atoms with Crippen molar-refractivity contribution in [2.75, 3.05) is 7.11 Å². The highest BCUT2D eigenvalue weighted by molar-refractivity contribution is 5.95. The Hall–Kier alpha value is -4.48. The van der Waals surface area contributed by atoms with Crippen LogP contribution in [-0.4, -0.2) is 38.0 Å². The number of hydrogen-bond donors (Lipinski definition) is 1. The molecule has 0 unspecified atom stereocenters. The highest BCUT2D eigenvalue weighted by Crippen LogP contribution is 2.33. The third-order valence-corrected chi connectivity index (χ3v) is 4.82. The fraction of sp³-hybridized carbons (Fsp3) is 0.174. The lowest BCUT2D eigenvalue weighted by molar-refractivity contribution is -0.143. The monoisotopic (exact) mass is 484 g/mol. The van der Waals surface area contributed by atoms with Gasteiger partial charge in [-0.05, 0) is 23.3 Å². The van der Waals surface area contributed by atoms with E-state index in [2.05, 4.69) is 25.6 Å². The summed E-state index contributed by atoms with van der Waals surface area (Å²) in [6, 6.07) is 15.3. The third kappa shape index (κ3) is 5.72. The number of carbonyl (C=O) groups excluding carboxylic acids is 1. The van der Waals surface area contributed by atoms with Crippen LogP contribution in [0.3, 0.4) is 0 Å². The van der Waals surface area contributed by atoms with Crippen LogP contribution in [0.25, 0.3) is 5.82 Å². The maximum absolute atomic E-state index is 13.8. The Morgan fingerprint density at radius 2 is 1.83 bits per heavy atom. The molecule has 0 atom stereocenters. The number of pyridine rings is 1. The number of amides is 1. The largest absolute Gasteiger partial charge is 0.480 e. The smallest absolute Gasteiger partial charge is 0.434 e. The van der Waals surface area contributed by atoms with Crippen LogP contribution in [0.4, 0.5) is 13.2 Å². The number of hydrogen-bond acceptors (Lipinski definition) is 7. The Bertz CT molecular complexity index is 1290. The van der Waals surface area contributed by atoms with Crippen molar-refractivity contribution in [3.05, 3.63) is 89.4 Å². The number of aromatic nitrogens is 5. The molecule has 0 fully saturated rings. The van der Waals surface area contributed by atoms with Crippen LogP contribution in [0.1, 0.15) is 27.2 Å². The van der Waals surface area contributed by atoms with E-state index in [-0.39, 0.29) is 18.2 Å². The van der Waals surface area contributed by atoms with Crippen molar-refractivity contribution >= 4 is 5.91 Å². The van der Waals surface area contributed by atoms with E-state index < -0.39 is 23.3 Å². The van der Waals surface area contributed by atoms with Crippen molar-refractivity contribution in [1.82, 2.24) is 30.3 Å². The summed E-state index contributed by atoms with van der Waals surface area (Å²) in [7, 11) is 1.35. The molecule has 0 radical (unpaired) electrons. The first kappa shape index (κ1) is 23.7. The van der Waals surface area contributed by atoms with Crippen molar-refractivity contribution in [3.8, 4) is 17.6 Å². The fourth-order valence-corrected chi connectivity index (χ4v) is 3.14. The molecule has 0 aliphatic heterocycles. The number of methoxy groups -OCH3 is 1. The summed E-state index contributed by atoms with van der Waals surface area (Å²) in [6.07, 6.45) is -2.55. The van der Waals surface area contributed by atoms with Gasteiger partial charge in [0.1, 0.15) is 6.61 Å². The molecule has 1 N–H and O–H groups in total. The SMILES string of the molecule is COc1ccc(-n2ncc(C(=O)NCc3ccnc(OCc4ccccc4)c3)c2C(F)(F)F)nn1. The van der Waals surface area contributed by atoms with Crippen LogP contribution in [0.2, 0.25) is 0 Å². The van der Waals surface area contributed by atoms with Gasteiger partial charge in [-0.2, -0.15) is 18.3 Å². The Kier molecular flexibility index (Phi) is 6.90. The number of nitrogens with one attached hydrogen (secondary N) is 1. The average Bonchev–Trinajstić information content (AvgIpc) is 3.33. The predicted octanol–water partition coefficient (Wildman–Crippen LogP) is 3.59. The number of alkyl halides is 3. The van der Waals surface area contributed by atoms with Crippen LogP contribution in [0, 0.1) is 0 Å². The van der Waals surface area contributed by atoms with Crippen LogP contribution < -0.4 is 14.8 Å². The molecule has 0 aliphatic rings. The summed E-state index contributed by atoms with van der Waals surface area (Å²) in [6.45, 7) is 0.250. The Morgan fingerprint density at radius 3 is 2.51 bits per heavy atom. The first-order valence-electron chi connectivity index (χ1n) is 10.3. The highest BCUT2D eigenvalue weighted by atomic mass is 19.4. The second-order valence-corrected chi connectivity index (χ2v) is 7.21. The third-order valence-electron chi connectivity index (χ3n) is 4.82.